The van der Waals surface area contributed by atoms with Crippen LogP contribution in [0, 0.1) is 12.7 Å². The van der Waals surface area contributed by atoms with Crippen LogP contribution in [0.15, 0.2) is 47.6 Å². The fourth-order valence-electron chi connectivity index (χ4n) is 3.03. The average Bonchev–Trinajstić information content (AvgIpc) is 2.92. The van der Waals surface area contributed by atoms with Crippen molar-refractivity contribution >= 4 is 19.7 Å². The van der Waals surface area contributed by atoms with Gasteiger partial charge in [0.05, 0.1) is 21.7 Å². The monoisotopic (exact) mass is 398 g/mol. The third kappa shape index (κ3) is 3.94. The molecule has 1 fully saturated rings. The third-order valence-electron chi connectivity index (χ3n) is 4.45. The maximum absolute atomic E-state index is 13.5. The number of aryl methyl sites for hydroxylation is 1. The molecule has 2 heterocycles. The summed E-state index contributed by atoms with van der Waals surface area (Å²) in [6, 6.07) is 6.34. The van der Waals surface area contributed by atoms with Crippen LogP contribution in [-0.2, 0) is 26.2 Å². The molecule has 0 amide bonds. The first-order valence-electron chi connectivity index (χ1n) is 8.02. The number of sulfone groups is 2. The Bertz CT molecular complexity index is 1010. The zero-order valence-electron chi connectivity index (χ0n) is 14.1. The number of nitrogens with one attached hydrogen (secondary N) is 1. The zero-order chi connectivity index (χ0) is 18.9. The van der Waals surface area contributed by atoms with Gasteiger partial charge in [-0.05, 0) is 42.3 Å². The maximum atomic E-state index is 13.5. The van der Waals surface area contributed by atoms with Crippen LogP contribution in [0.2, 0.25) is 0 Å². The number of hydrogen-bond acceptors (Lipinski definition) is 6. The minimum atomic E-state index is -3.93. The predicted molar refractivity (Wildman–Crippen MR) is 95.6 cm³/mol. The van der Waals surface area contributed by atoms with Gasteiger partial charge < -0.3 is 5.32 Å². The highest BCUT2D eigenvalue weighted by molar-refractivity contribution is 7.96. The summed E-state index contributed by atoms with van der Waals surface area (Å²) in [4.78, 5) is 3.92. The van der Waals surface area contributed by atoms with E-state index in [-0.39, 0.29) is 16.2 Å². The Morgan fingerprint density at radius 2 is 2.04 bits per heavy atom. The van der Waals surface area contributed by atoms with Gasteiger partial charge in [0.2, 0.25) is 0 Å². The van der Waals surface area contributed by atoms with Crippen molar-refractivity contribution in [2.24, 2.45) is 0 Å². The van der Waals surface area contributed by atoms with Crippen molar-refractivity contribution in [3.05, 3.63) is 59.7 Å². The van der Waals surface area contributed by atoms with Crippen LogP contribution in [0.1, 0.15) is 11.1 Å². The van der Waals surface area contributed by atoms with Crippen LogP contribution < -0.4 is 5.32 Å². The van der Waals surface area contributed by atoms with Crippen molar-refractivity contribution in [3.8, 4) is 0 Å². The topological polar surface area (TPSA) is 93.2 Å². The van der Waals surface area contributed by atoms with Crippen LogP contribution in [0.3, 0.4) is 0 Å². The van der Waals surface area contributed by atoms with Crippen LogP contribution >= 0.6 is 0 Å². The normalized spacial score (nSPS) is 22.4. The molecule has 26 heavy (non-hydrogen) atoms. The van der Waals surface area contributed by atoms with Gasteiger partial charge in [-0.2, -0.15) is 0 Å². The molecule has 9 heteroatoms. The number of nitrogens with zero attached hydrogens (tertiary/aromatic N) is 1. The van der Waals surface area contributed by atoms with Gasteiger partial charge in [0.25, 0.3) is 0 Å². The summed E-state index contributed by atoms with van der Waals surface area (Å²) in [7, 11) is -7.42. The number of pyridine rings is 1. The second-order valence-corrected chi connectivity index (χ2v) is 10.7. The van der Waals surface area contributed by atoms with E-state index in [9.17, 15) is 21.2 Å². The summed E-state index contributed by atoms with van der Waals surface area (Å²) < 4.78 is 63.6. The minimum Gasteiger partial charge on any atom is -0.308 e. The predicted octanol–water partition coefficient (Wildman–Crippen LogP) is 1.26. The van der Waals surface area contributed by atoms with Crippen molar-refractivity contribution in [1.82, 2.24) is 10.3 Å². The van der Waals surface area contributed by atoms with Crippen molar-refractivity contribution < 1.29 is 21.2 Å². The van der Waals surface area contributed by atoms with Crippen LogP contribution in [-0.4, -0.2) is 44.6 Å². The molecular weight excluding hydrogens is 379 g/mol. The first-order chi connectivity index (χ1) is 12.2. The Morgan fingerprint density at radius 3 is 2.69 bits per heavy atom. The standard InChI is InChI=1S/C17H19FN2O4S2/c1-12-7-14(4-5-15(12)18)26(23,24)17-11-25(21,22)10-16(17)20-9-13-3-2-6-19-8-13/h2-8,16-17,20H,9-11H2,1H3. The Morgan fingerprint density at radius 1 is 1.27 bits per heavy atom. The molecule has 1 N–H and O–H groups in total. The average molecular weight is 398 g/mol. The van der Waals surface area contributed by atoms with Gasteiger partial charge in [0.1, 0.15) is 5.82 Å². The minimum absolute atomic E-state index is 0.0633. The molecule has 0 saturated carbocycles. The van der Waals surface area contributed by atoms with Crippen molar-refractivity contribution in [2.75, 3.05) is 11.5 Å². The molecule has 6 nitrogen and oxygen atoms in total. The molecule has 1 aliphatic heterocycles. The second kappa shape index (κ2) is 7.05. The number of halogens is 1. The van der Waals surface area contributed by atoms with Gasteiger partial charge in [-0.3, -0.25) is 4.98 Å². The molecule has 2 unspecified atom stereocenters. The zero-order valence-corrected chi connectivity index (χ0v) is 15.7. The molecule has 2 aromatic rings. The van der Waals surface area contributed by atoms with E-state index in [0.29, 0.717) is 6.54 Å². The van der Waals surface area contributed by atoms with Crippen LogP contribution in [0.5, 0.6) is 0 Å². The molecule has 0 aliphatic carbocycles. The van der Waals surface area contributed by atoms with E-state index >= 15 is 0 Å². The fourth-order valence-corrected chi connectivity index (χ4v) is 7.83. The van der Waals surface area contributed by atoms with Crippen LogP contribution in [0.25, 0.3) is 0 Å². The highest BCUT2D eigenvalue weighted by Gasteiger charge is 2.45. The fraction of sp³-hybridized carbons (Fsp3) is 0.353. The van der Waals surface area contributed by atoms with Crippen molar-refractivity contribution in [2.45, 2.75) is 29.7 Å². The van der Waals surface area contributed by atoms with Gasteiger partial charge in [0.15, 0.2) is 19.7 Å². The summed E-state index contributed by atoms with van der Waals surface area (Å²) in [5, 5.41) is 1.92. The largest absolute Gasteiger partial charge is 0.308 e. The third-order valence-corrected chi connectivity index (χ3v) is 8.60. The lowest BCUT2D eigenvalue weighted by Gasteiger charge is -2.20. The molecule has 140 valence electrons. The molecule has 0 bridgehead atoms. The summed E-state index contributed by atoms with van der Waals surface area (Å²) in [5.74, 6) is -1.21. The molecule has 1 saturated heterocycles. The van der Waals surface area contributed by atoms with Gasteiger partial charge in [0, 0.05) is 25.0 Å². The highest BCUT2D eigenvalue weighted by atomic mass is 32.2. The smallest absolute Gasteiger partial charge is 0.183 e. The maximum Gasteiger partial charge on any atom is 0.183 e. The van der Waals surface area contributed by atoms with Crippen LogP contribution in [0.4, 0.5) is 4.39 Å². The Hall–Kier alpha value is -1.84. The van der Waals surface area contributed by atoms with E-state index in [1.54, 1.807) is 18.5 Å². The van der Waals surface area contributed by atoms with Crippen molar-refractivity contribution in [1.29, 1.82) is 0 Å². The number of benzene rings is 1. The number of aromatic nitrogens is 1. The Balaban J connectivity index is 1.88. The van der Waals surface area contributed by atoms with E-state index in [1.165, 1.54) is 19.1 Å². The van der Waals surface area contributed by atoms with E-state index in [2.05, 4.69) is 10.3 Å². The van der Waals surface area contributed by atoms with Crippen molar-refractivity contribution in [3.63, 3.8) is 0 Å². The quantitative estimate of drug-likeness (QED) is 0.762. The molecule has 1 aromatic carbocycles. The van der Waals surface area contributed by atoms with E-state index in [0.717, 1.165) is 11.6 Å². The molecule has 2 atom stereocenters. The number of rotatable bonds is 5. The lowest BCUT2D eigenvalue weighted by atomic mass is 10.2. The summed E-state index contributed by atoms with van der Waals surface area (Å²) in [6.45, 7) is 1.78. The molecule has 1 aliphatic rings. The molecular formula is C17H19FN2O4S2. The summed E-state index contributed by atoms with van der Waals surface area (Å²) in [5.41, 5.74) is 1.03. The van der Waals surface area contributed by atoms with Gasteiger partial charge in [-0.25, -0.2) is 21.2 Å². The lowest BCUT2D eigenvalue weighted by Crippen LogP contribution is -2.43. The van der Waals surface area contributed by atoms with Gasteiger partial charge >= 0.3 is 0 Å². The molecule has 3 rings (SSSR count). The van der Waals surface area contributed by atoms with Gasteiger partial charge in [-0.1, -0.05) is 6.07 Å². The first-order valence-corrected chi connectivity index (χ1v) is 11.4. The first kappa shape index (κ1) is 18.9. The SMILES string of the molecule is Cc1cc(S(=O)(=O)C2CS(=O)(=O)CC2NCc2cccnc2)ccc1F. The Labute approximate surface area is 152 Å². The van der Waals surface area contributed by atoms with E-state index in [4.69, 9.17) is 0 Å². The molecule has 0 radical (unpaired) electrons. The van der Waals surface area contributed by atoms with Gasteiger partial charge in [-0.15, -0.1) is 0 Å². The van der Waals surface area contributed by atoms with E-state index in [1.807, 2.05) is 6.07 Å². The molecule has 0 spiro atoms. The summed E-state index contributed by atoms with van der Waals surface area (Å²) >= 11 is 0. The number of hydrogen-bond donors (Lipinski definition) is 1. The highest BCUT2D eigenvalue weighted by Crippen LogP contribution is 2.27. The molecule has 1 aromatic heterocycles. The lowest BCUT2D eigenvalue weighted by molar-refractivity contribution is 0.525. The Kier molecular flexibility index (Phi) is 5.14. The summed E-state index contributed by atoms with van der Waals surface area (Å²) in [6.07, 6.45) is 3.25. The second-order valence-electron chi connectivity index (χ2n) is 6.42. The van der Waals surface area contributed by atoms with E-state index < -0.39 is 42.5 Å².